The fraction of sp³-hybridized carbons (Fsp3) is 0.923. The van der Waals surface area contributed by atoms with Gasteiger partial charge in [0.15, 0.2) is 0 Å². The minimum Gasteiger partial charge on any atom is -0.358 e. The largest absolute Gasteiger partial charge is 0.358 e. The third-order valence-corrected chi connectivity index (χ3v) is 4.48. The normalized spacial score (nSPS) is 25.6. The van der Waals surface area contributed by atoms with Crippen LogP contribution in [0.3, 0.4) is 0 Å². The van der Waals surface area contributed by atoms with Crippen LogP contribution in [-0.4, -0.2) is 37.5 Å². The highest BCUT2D eigenvalue weighted by Gasteiger charge is 2.35. The van der Waals surface area contributed by atoms with Crippen LogP contribution in [0, 0.1) is 5.41 Å². The van der Waals surface area contributed by atoms with Crippen molar-refractivity contribution >= 4 is 5.91 Å². The van der Waals surface area contributed by atoms with Gasteiger partial charge in [-0.2, -0.15) is 0 Å². The molecule has 1 amide bonds. The molecular weight excluding hydrogens is 200 g/mol. The average molecular weight is 224 g/mol. The second kappa shape index (κ2) is 5.17. The maximum Gasteiger partial charge on any atom is 0.233 e. The molecule has 0 unspecified atom stereocenters. The van der Waals surface area contributed by atoms with Crippen LogP contribution >= 0.6 is 0 Å². The molecule has 3 nitrogen and oxygen atoms in total. The number of rotatable bonds is 2. The maximum absolute atomic E-state index is 11.3. The zero-order valence-corrected chi connectivity index (χ0v) is 10.4. The van der Waals surface area contributed by atoms with Crippen LogP contribution < -0.4 is 5.32 Å². The molecule has 0 atom stereocenters. The smallest absolute Gasteiger partial charge is 0.233 e. The van der Waals surface area contributed by atoms with E-state index in [1.165, 1.54) is 44.9 Å². The zero-order chi connectivity index (χ0) is 11.4. The van der Waals surface area contributed by atoms with Crippen molar-refractivity contribution in [1.29, 1.82) is 0 Å². The van der Waals surface area contributed by atoms with E-state index in [4.69, 9.17) is 0 Å². The van der Waals surface area contributed by atoms with Crippen molar-refractivity contribution < 1.29 is 4.79 Å². The minimum atomic E-state index is 0.152. The summed E-state index contributed by atoms with van der Waals surface area (Å²) in [4.78, 5) is 13.6. The average Bonchev–Trinajstić information content (AvgIpc) is 2.33. The van der Waals surface area contributed by atoms with Crippen molar-refractivity contribution in [3.63, 3.8) is 0 Å². The predicted octanol–water partition coefficient (Wildman–Crippen LogP) is 1.78. The number of likely N-dealkylation sites (tertiary alicyclic amines) is 1. The van der Waals surface area contributed by atoms with Crippen molar-refractivity contribution in [2.45, 2.75) is 44.9 Å². The summed E-state index contributed by atoms with van der Waals surface area (Å²) in [7, 11) is 1.72. The number of likely N-dealkylation sites (N-methyl/N-ethyl adjacent to an activating group) is 1. The molecule has 0 aromatic heterocycles. The van der Waals surface area contributed by atoms with Crippen LogP contribution in [0.2, 0.25) is 0 Å². The van der Waals surface area contributed by atoms with E-state index in [-0.39, 0.29) is 5.91 Å². The molecule has 0 bridgehead atoms. The number of hydrogen-bond donors (Lipinski definition) is 1. The number of amides is 1. The van der Waals surface area contributed by atoms with Gasteiger partial charge >= 0.3 is 0 Å². The van der Waals surface area contributed by atoms with Crippen molar-refractivity contribution in [3.8, 4) is 0 Å². The van der Waals surface area contributed by atoms with Gasteiger partial charge in [-0.25, -0.2) is 0 Å². The molecule has 1 aliphatic heterocycles. The van der Waals surface area contributed by atoms with Crippen LogP contribution in [-0.2, 0) is 4.79 Å². The number of carbonyl (C=O) groups is 1. The van der Waals surface area contributed by atoms with Crippen LogP contribution in [0.4, 0.5) is 0 Å². The third kappa shape index (κ3) is 2.76. The Kier molecular flexibility index (Phi) is 3.85. The monoisotopic (exact) mass is 224 g/mol. The van der Waals surface area contributed by atoms with Gasteiger partial charge in [0.2, 0.25) is 5.91 Å². The van der Waals surface area contributed by atoms with E-state index < -0.39 is 0 Å². The van der Waals surface area contributed by atoms with Crippen LogP contribution in [0.15, 0.2) is 0 Å². The highest BCUT2D eigenvalue weighted by atomic mass is 16.1. The first kappa shape index (κ1) is 11.9. The van der Waals surface area contributed by atoms with Gasteiger partial charge in [0.1, 0.15) is 0 Å². The number of nitrogens with one attached hydrogen (secondary N) is 1. The molecule has 2 rings (SSSR count). The predicted molar refractivity (Wildman–Crippen MR) is 65.3 cm³/mol. The Hall–Kier alpha value is -0.570. The maximum atomic E-state index is 11.3. The van der Waals surface area contributed by atoms with Crippen molar-refractivity contribution in [1.82, 2.24) is 10.2 Å². The summed E-state index contributed by atoms with van der Waals surface area (Å²) < 4.78 is 0. The molecule has 1 saturated heterocycles. The summed E-state index contributed by atoms with van der Waals surface area (Å²) in [6.45, 7) is 2.83. The first-order chi connectivity index (χ1) is 7.74. The lowest BCUT2D eigenvalue weighted by molar-refractivity contribution is -0.122. The Morgan fingerprint density at radius 1 is 1.12 bits per heavy atom. The SMILES string of the molecule is CNC(=O)CN1CCC2(CCCCC2)CC1. The molecule has 1 heterocycles. The van der Waals surface area contributed by atoms with Crippen LogP contribution in [0.5, 0.6) is 0 Å². The Balaban J connectivity index is 1.79. The molecule has 2 fully saturated rings. The molecule has 0 radical (unpaired) electrons. The summed E-state index contributed by atoms with van der Waals surface area (Å²) >= 11 is 0. The van der Waals surface area contributed by atoms with E-state index in [1.807, 2.05) is 0 Å². The molecular formula is C13H24N2O. The van der Waals surface area contributed by atoms with Gasteiger partial charge in [0.05, 0.1) is 6.54 Å². The third-order valence-electron chi connectivity index (χ3n) is 4.48. The molecule has 1 saturated carbocycles. The van der Waals surface area contributed by atoms with Gasteiger partial charge in [-0.15, -0.1) is 0 Å². The minimum absolute atomic E-state index is 0.152. The molecule has 92 valence electrons. The second-order valence-corrected chi connectivity index (χ2v) is 5.51. The highest BCUT2D eigenvalue weighted by Crippen LogP contribution is 2.44. The molecule has 16 heavy (non-hydrogen) atoms. The van der Waals surface area contributed by atoms with Gasteiger partial charge in [0.25, 0.3) is 0 Å². The zero-order valence-electron chi connectivity index (χ0n) is 10.4. The Morgan fingerprint density at radius 2 is 1.75 bits per heavy atom. The first-order valence-electron chi connectivity index (χ1n) is 6.67. The van der Waals surface area contributed by atoms with Gasteiger partial charge in [-0.3, -0.25) is 9.69 Å². The van der Waals surface area contributed by atoms with Gasteiger partial charge in [0, 0.05) is 7.05 Å². The van der Waals surface area contributed by atoms with Crippen molar-refractivity contribution in [2.24, 2.45) is 5.41 Å². The second-order valence-electron chi connectivity index (χ2n) is 5.51. The summed E-state index contributed by atoms with van der Waals surface area (Å²) in [5, 5.41) is 2.70. The Labute approximate surface area is 98.6 Å². The molecule has 0 aromatic rings. The fourth-order valence-corrected chi connectivity index (χ4v) is 3.27. The van der Waals surface area contributed by atoms with Crippen LogP contribution in [0.1, 0.15) is 44.9 Å². The molecule has 0 aromatic carbocycles. The standard InChI is InChI=1S/C13H24N2O/c1-14-12(16)11-15-9-7-13(8-10-15)5-3-2-4-6-13/h2-11H2,1H3,(H,14,16). The molecule has 2 aliphatic rings. The molecule has 3 heteroatoms. The van der Waals surface area contributed by atoms with Gasteiger partial charge in [-0.1, -0.05) is 19.3 Å². The van der Waals surface area contributed by atoms with E-state index in [2.05, 4.69) is 10.2 Å². The van der Waals surface area contributed by atoms with E-state index in [9.17, 15) is 4.79 Å². The summed E-state index contributed by atoms with van der Waals surface area (Å²) in [6.07, 6.45) is 9.77. The molecule has 1 N–H and O–H groups in total. The first-order valence-corrected chi connectivity index (χ1v) is 6.67. The van der Waals surface area contributed by atoms with Gasteiger partial charge < -0.3 is 5.32 Å². The fourth-order valence-electron chi connectivity index (χ4n) is 3.27. The van der Waals surface area contributed by atoms with E-state index >= 15 is 0 Å². The van der Waals surface area contributed by atoms with E-state index in [0.29, 0.717) is 12.0 Å². The van der Waals surface area contributed by atoms with E-state index in [1.54, 1.807) is 7.05 Å². The molecule has 1 aliphatic carbocycles. The van der Waals surface area contributed by atoms with Crippen molar-refractivity contribution in [2.75, 3.05) is 26.7 Å². The Bertz CT molecular complexity index is 236. The number of hydrogen-bond acceptors (Lipinski definition) is 2. The lowest BCUT2D eigenvalue weighted by Gasteiger charge is -2.44. The summed E-state index contributed by atoms with van der Waals surface area (Å²) in [6, 6.07) is 0. The lowest BCUT2D eigenvalue weighted by Crippen LogP contribution is -2.44. The Morgan fingerprint density at radius 3 is 2.31 bits per heavy atom. The van der Waals surface area contributed by atoms with Crippen LogP contribution in [0.25, 0.3) is 0 Å². The lowest BCUT2D eigenvalue weighted by atomic mass is 9.68. The van der Waals surface area contributed by atoms with E-state index in [0.717, 1.165) is 13.1 Å². The quantitative estimate of drug-likeness (QED) is 0.775. The topological polar surface area (TPSA) is 32.3 Å². The van der Waals surface area contributed by atoms with Crippen molar-refractivity contribution in [3.05, 3.63) is 0 Å². The molecule has 1 spiro atoms. The van der Waals surface area contributed by atoms with Gasteiger partial charge in [-0.05, 0) is 44.2 Å². The summed E-state index contributed by atoms with van der Waals surface area (Å²) in [5.41, 5.74) is 0.650. The number of piperidine rings is 1. The summed E-state index contributed by atoms with van der Waals surface area (Å²) in [5.74, 6) is 0.152. The number of nitrogens with zero attached hydrogens (tertiary/aromatic N) is 1. The number of carbonyl (C=O) groups excluding carboxylic acids is 1. The highest BCUT2D eigenvalue weighted by molar-refractivity contribution is 5.77.